The van der Waals surface area contributed by atoms with Gasteiger partial charge in [0.2, 0.25) is 5.88 Å². The molecule has 0 bridgehead atoms. The number of fused-ring (bicyclic) bond motifs is 2. The van der Waals surface area contributed by atoms with Gasteiger partial charge in [-0.1, -0.05) is 18.2 Å². The normalized spacial score (nSPS) is 11.1. The smallest absolute Gasteiger partial charge is 0.223 e. The number of nitrogens with zero attached hydrogens (tertiary/aromatic N) is 3. The Bertz CT molecular complexity index is 945. The molecule has 4 aromatic rings. The van der Waals surface area contributed by atoms with Crippen LogP contribution in [0.25, 0.3) is 33.2 Å². The van der Waals surface area contributed by atoms with E-state index in [9.17, 15) is 0 Å². The number of nitrogens with one attached hydrogen (secondary N) is 1. The van der Waals surface area contributed by atoms with Crippen molar-refractivity contribution in [3.8, 4) is 17.1 Å². The van der Waals surface area contributed by atoms with Crippen molar-refractivity contribution in [2.75, 3.05) is 7.11 Å². The Morgan fingerprint density at radius 1 is 1.10 bits per heavy atom. The number of hydrogen-bond acceptors (Lipinski definition) is 4. The lowest BCUT2D eigenvalue weighted by atomic mass is 10.1. The minimum absolute atomic E-state index is 0.565. The van der Waals surface area contributed by atoms with Crippen LogP contribution in [0, 0.1) is 0 Å². The van der Waals surface area contributed by atoms with E-state index in [2.05, 4.69) is 26.0 Å². The molecule has 1 aromatic carbocycles. The van der Waals surface area contributed by atoms with Gasteiger partial charge in [-0.3, -0.25) is 0 Å². The third kappa shape index (κ3) is 1.82. The maximum atomic E-state index is 5.45. The van der Waals surface area contributed by atoms with Gasteiger partial charge in [-0.05, 0) is 18.2 Å². The van der Waals surface area contributed by atoms with E-state index in [0.29, 0.717) is 5.88 Å². The van der Waals surface area contributed by atoms with Crippen molar-refractivity contribution < 1.29 is 4.74 Å². The first-order valence-corrected chi connectivity index (χ1v) is 6.59. The lowest BCUT2D eigenvalue weighted by Gasteiger charge is -2.09. The number of ether oxygens (including phenoxy) is 1. The Morgan fingerprint density at radius 2 is 2.00 bits per heavy atom. The molecule has 0 amide bonds. The van der Waals surface area contributed by atoms with Crippen LogP contribution in [-0.2, 0) is 0 Å². The van der Waals surface area contributed by atoms with Gasteiger partial charge in [0.1, 0.15) is 12.0 Å². The topological polar surface area (TPSA) is 63.7 Å². The molecule has 21 heavy (non-hydrogen) atoms. The van der Waals surface area contributed by atoms with E-state index in [-0.39, 0.29) is 0 Å². The Balaban J connectivity index is 2.07. The number of aromatic nitrogens is 4. The lowest BCUT2D eigenvalue weighted by Crippen LogP contribution is -1.95. The number of methoxy groups -OCH3 is 1. The molecule has 102 valence electrons. The maximum absolute atomic E-state index is 5.45. The summed E-state index contributed by atoms with van der Waals surface area (Å²) in [5.74, 6) is 0.565. The Labute approximate surface area is 120 Å². The van der Waals surface area contributed by atoms with Crippen molar-refractivity contribution >= 4 is 21.9 Å². The van der Waals surface area contributed by atoms with E-state index < -0.39 is 0 Å². The fraction of sp³-hybridized carbons (Fsp3) is 0.0625. The van der Waals surface area contributed by atoms with E-state index >= 15 is 0 Å². The van der Waals surface area contributed by atoms with Gasteiger partial charge in [0.15, 0.2) is 0 Å². The summed E-state index contributed by atoms with van der Waals surface area (Å²) in [5.41, 5.74) is 3.38. The molecule has 4 rings (SSSR count). The van der Waals surface area contributed by atoms with Crippen LogP contribution in [0.15, 0.2) is 48.9 Å². The van der Waals surface area contributed by atoms with Crippen LogP contribution in [0.2, 0.25) is 0 Å². The highest BCUT2D eigenvalue weighted by Crippen LogP contribution is 2.33. The van der Waals surface area contributed by atoms with Gasteiger partial charge in [-0.25, -0.2) is 15.0 Å². The molecule has 0 aliphatic carbocycles. The van der Waals surface area contributed by atoms with E-state index in [4.69, 9.17) is 4.74 Å². The molecule has 0 unspecified atom stereocenters. The van der Waals surface area contributed by atoms with E-state index in [0.717, 1.165) is 33.2 Å². The van der Waals surface area contributed by atoms with Crippen LogP contribution in [-0.4, -0.2) is 27.0 Å². The van der Waals surface area contributed by atoms with Crippen LogP contribution >= 0.6 is 0 Å². The number of rotatable bonds is 2. The minimum atomic E-state index is 0.565. The minimum Gasteiger partial charge on any atom is -0.480 e. The molecule has 3 aromatic heterocycles. The van der Waals surface area contributed by atoms with Gasteiger partial charge in [-0.2, -0.15) is 0 Å². The summed E-state index contributed by atoms with van der Waals surface area (Å²) in [6, 6.07) is 12.0. The maximum Gasteiger partial charge on any atom is 0.223 e. The van der Waals surface area contributed by atoms with Crippen LogP contribution < -0.4 is 4.74 Å². The quantitative estimate of drug-likeness (QED) is 0.610. The number of benzene rings is 1. The van der Waals surface area contributed by atoms with Gasteiger partial charge < -0.3 is 9.72 Å². The first kappa shape index (κ1) is 11.8. The summed E-state index contributed by atoms with van der Waals surface area (Å²) in [4.78, 5) is 16.3. The predicted molar refractivity (Wildman–Crippen MR) is 81.2 cm³/mol. The zero-order chi connectivity index (χ0) is 14.2. The molecular weight excluding hydrogens is 264 g/mol. The van der Waals surface area contributed by atoms with Crippen LogP contribution in [0.1, 0.15) is 0 Å². The summed E-state index contributed by atoms with van der Waals surface area (Å²) in [5, 5.41) is 2.00. The van der Waals surface area contributed by atoms with E-state index in [1.54, 1.807) is 13.4 Å². The molecule has 0 atom stereocenters. The predicted octanol–water partition coefficient (Wildman–Crippen LogP) is 3.18. The molecule has 0 radical (unpaired) electrons. The van der Waals surface area contributed by atoms with Gasteiger partial charge in [0.05, 0.1) is 23.9 Å². The molecule has 0 fully saturated rings. The molecular formula is C16H12N4O. The van der Waals surface area contributed by atoms with Crippen molar-refractivity contribution in [3.63, 3.8) is 0 Å². The summed E-state index contributed by atoms with van der Waals surface area (Å²) >= 11 is 0. The summed E-state index contributed by atoms with van der Waals surface area (Å²) in [6.45, 7) is 0. The first-order valence-electron chi connectivity index (χ1n) is 6.59. The van der Waals surface area contributed by atoms with E-state index in [1.165, 1.54) is 0 Å². The Kier molecular flexibility index (Phi) is 2.57. The molecule has 0 saturated carbocycles. The van der Waals surface area contributed by atoms with Crippen molar-refractivity contribution in [2.24, 2.45) is 0 Å². The average Bonchev–Trinajstić information content (AvgIpc) is 3.02. The highest BCUT2D eigenvalue weighted by Gasteiger charge is 2.14. The van der Waals surface area contributed by atoms with Gasteiger partial charge in [-0.15, -0.1) is 0 Å². The van der Waals surface area contributed by atoms with Gasteiger partial charge in [0.25, 0.3) is 0 Å². The van der Waals surface area contributed by atoms with Crippen molar-refractivity contribution in [1.82, 2.24) is 19.9 Å². The highest BCUT2D eigenvalue weighted by atomic mass is 16.5. The molecule has 0 aliphatic rings. The summed E-state index contributed by atoms with van der Waals surface area (Å²) in [6.07, 6.45) is 3.40. The van der Waals surface area contributed by atoms with Crippen LogP contribution in [0.4, 0.5) is 0 Å². The van der Waals surface area contributed by atoms with Gasteiger partial charge in [0, 0.05) is 17.0 Å². The van der Waals surface area contributed by atoms with E-state index in [1.807, 2.05) is 36.5 Å². The third-order valence-corrected chi connectivity index (χ3v) is 3.49. The Morgan fingerprint density at radius 3 is 2.90 bits per heavy atom. The number of pyridine rings is 1. The monoisotopic (exact) mass is 276 g/mol. The molecule has 0 saturated heterocycles. The van der Waals surface area contributed by atoms with Crippen molar-refractivity contribution in [2.45, 2.75) is 0 Å². The molecule has 3 heterocycles. The second-order valence-corrected chi connectivity index (χ2v) is 4.70. The zero-order valence-electron chi connectivity index (χ0n) is 11.4. The number of para-hydroxylation sites is 1. The second kappa shape index (κ2) is 4.56. The Hall–Kier alpha value is -2.95. The summed E-state index contributed by atoms with van der Waals surface area (Å²) in [7, 11) is 1.62. The standard InChI is InChI=1S/C16H12N4O/c1-21-16-12(8-10-4-2-3-5-13(10)20-16)14-11-6-7-17-15(11)19-9-18-14/h2-9H,1H3,(H,17,18,19). The largest absolute Gasteiger partial charge is 0.480 e. The number of H-pyrrole nitrogens is 1. The highest BCUT2D eigenvalue weighted by molar-refractivity contribution is 5.95. The summed E-state index contributed by atoms with van der Waals surface area (Å²) < 4.78 is 5.45. The van der Waals surface area contributed by atoms with Gasteiger partial charge >= 0.3 is 0 Å². The molecule has 5 heteroatoms. The van der Waals surface area contributed by atoms with Crippen molar-refractivity contribution in [3.05, 3.63) is 48.9 Å². The number of aromatic amines is 1. The van der Waals surface area contributed by atoms with Crippen LogP contribution in [0.3, 0.4) is 0 Å². The van der Waals surface area contributed by atoms with Crippen LogP contribution in [0.5, 0.6) is 5.88 Å². The third-order valence-electron chi connectivity index (χ3n) is 3.49. The number of hydrogen-bond donors (Lipinski definition) is 1. The lowest BCUT2D eigenvalue weighted by molar-refractivity contribution is 0.401. The first-order chi connectivity index (χ1) is 10.4. The average molecular weight is 276 g/mol. The SMILES string of the molecule is COc1nc2ccccc2cc1-c1ncnc2[nH]ccc12. The molecule has 1 N–H and O–H groups in total. The molecule has 0 spiro atoms. The zero-order valence-corrected chi connectivity index (χ0v) is 11.4. The molecule has 5 nitrogen and oxygen atoms in total. The second-order valence-electron chi connectivity index (χ2n) is 4.70. The molecule has 0 aliphatic heterocycles. The van der Waals surface area contributed by atoms with Crippen molar-refractivity contribution in [1.29, 1.82) is 0 Å². The fourth-order valence-electron chi connectivity index (χ4n) is 2.51. The fourth-order valence-corrected chi connectivity index (χ4v) is 2.51.